The molecule has 0 radical (unpaired) electrons. The number of hydrogen-bond donors (Lipinski definition) is 1. The van der Waals surface area contributed by atoms with E-state index in [1.54, 1.807) is 0 Å². The third-order valence-electron chi connectivity index (χ3n) is 3.05. The van der Waals surface area contributed by atoms with Crippen LogP contribution in [0.25, 0.3) is 0 Å². The Balaban J connectivity index is 1.49. The molecule has 1 aliphatic heterocycles. The van der Waals surface area contributed by atoms with Crippen molar-refractivity contribution in [2.75, 3.05) is 18.8 Å². The summed E-state index contributed by atoms with van der Waals surface area (Å²) in [5, 5.41) is 4.36. The molecule has 0 spiro atoms. The molecule has 0 aromatic rings. The molecule has 2 fully saturated rings. The molecular weight excluding hydrogens is 166 g/mol. The fourth-order valence-electron chi connectivity index (χ4n) is 2.01. The molecule has 0 aromatic heterocycles. The van der Waals surface area contributed by atoms with Crippen LogP contribution >= 0.6 is 11.8 Å². The van der Waals surface area contributed by atoms with Crippen LogP contribution < -0.4 is 5.32 Å². The standard InChI is InChI=1S/C10H19NS/c1-2-4-10(3-1)12-6-5-9-7-11-8-9/h9-11H,1-8H2. The summed E-state index contributed by atoms with van der Waals surface area (Å²) in [7, 11) is 0. The average Bonchev–Trinajstić information content (AvgIpc) is 2.46. The lowest BCUT2D eigenvalue weighted by Crippen LogP contribution is -2.42. The van der Waals surface area contributed by atoms with Gasteiger partial charge in [0, 0.05) is 5.25 Å². The van der Waals surface area contributed by atoms with Crippen molar-refractivity contribution in [3.05, 3.63) is 0 Å². The number of nitrogens with one attached hydrogen (secondary N) is 1. The maximum Gasteiger partial charge on any atom is 0.00470 e. The van der Waals surface area contributed by atoms with Gasteiger partial charge in [-0.15, -0.1) is 0 Å². The van der Waals surface area contributed by atoms with Crippen molar-refractivity contribution < 1.29 is 0 Å². The molecule has 0 unspecified atom stereocenters. The minimum atomic E-state index is 1.01. The fourth-order valence-corrected chi connectivity index (χ4v) is 3.48. The Hall–Kier alpha value is 0.310. The van der Waals surface area contributed by atoms with Crippen molar-refractivity contribution in [2.24, 2.45) is 5.92 Å². The first kappa shape index (κ1) is 8.89. The summed E-state index contributed by atoms with van der Waals surface area (Å²) in [5.41, 5.74) is 0. The molecule has 1 saturated heterocycles. The summed E-state index contributed by atoms with van der Waals surface area (Å²) < 4.78 is 0. The predicted molar refractivity (Wildman–Crippen MR) is 55.7 cm³/mol. The van der Waals surface area contributed by atoms with Crippen LogP contribution in [-0.2, 0) is 0 Å². The molecule has 1 heterocycles. The van der Waals surface area contributed by atoms with Gasteiger partial charge in [-0.3, -0.25) is 0 Å². The quantitative estimate of drug-likeness (QED) is 0.721. The van der Waals surface area contributed by atoms with Crippen LogP contribution in [0.4, 0.5) is 0 Å². The Kier molecular flexibility index (Phi) is 3.35. The first-order valence-electron chi connectivity index (χ1n) is 5.27. The molecule has 0 aromatic carbocycles. The maximum absolute atomic E-state index is 3.33. The van der Waals surface area contributed by atoms with E-state index < -0.39 is 0 Å². The van der Waals surface area contributed by atoms with Crippen LogP contribution in [0.15, 0.2) is 0 Å². The molecule has 1 nitrogen and oxygen atoms in total. The molecule has 1 N–H and O–H groups in total. The first-order chi connectivity index (χ1) is 5.95. The van der Waals surface area contributed by atoms with Gasteiger partial charge >= 0.3 is 0 Å². The van der Waals surface area contributed by atoms with E-state index in [2.05, 4.69) is 17.1 Å². The van der Waals surface area contributed by atoms with Crippen molar-refractivity contribution in [1.29, 1.82) is 0 Å². The van der Waals surface area contributed by atoms with Gasteiger partial charge in [0.25, 0.3) is 0 Å². The fraction of sp³-hybridized carbons (Fsp3) is 1.00. The highest BCUT2D eigenvalue weighted by atomic mass is 32.2. The summed E-state index contributed by atoms with van der Waals surface area (Å²) in [6, 6.07) is 0. The second-order valence-electron chi connectivity index (χ2n) is 4.09. The van der Waals surface area contributed by atoms with Gasteiger partial charge in [-0.2, -0.15) is 11.8 Å². The van der Waals surface area contributed by atoms with E-state index in [1.165, 1.54) is 50.9 Å². The topological polar surface area (TPSA) is 12.0 Å². The van der Waals surface area contributed by atoms with Gasteiger partial charge in [0.15, 0.2) is 0 Å². The largest absolute Gasteiger partial charge is 0.316 e. The number of rotatable bonds is 4. The highest BCUT2D eigenvalue weighted by molar-refractivity contribution is 7.99. The first-order valence-corrected chi connectivity index (χ1v) is 6.32. The Morgan fingerprint density at radius 2 is 1.92 bits per heavy atom. The minimum Gasteiger partial charge on any atom is -0.316 e. The molecule has 2 aliphatic rings. The zero-order valence-electron chi connectivity index (χ0n) is 7.72. The van der Waals surface area contributed by atoms with Crippen molar-refractivity contribution in [3.8, 4) is 0 Å². The lowest BCUT2D eigenvalue weighted by Gasteiger charge is -2.27. The van der Waals surface area contributed by atoms with E-state index in [0.717, 1.165) is 11.2 Å². The highest BCUT2D eigenvalue weighted by Gasteiger charge is 2.18. The van der Waals surface area contributed by atoms with Crippen LogP contribution in [0.1, 0.15) is 32.1 Å². The zero-order valence-corrected chi connectivity index (χ0v) is 8.54. The summed E-state index contributed by atoms with van der Waals surface area (Å²) in [5.74, 6) is 2.43. The van der Waals surface area contributed by atoms with Crippen molar-refractivity contribution in [1.82, 2.24) is 5.32 Å². The van der Waals surface area contributed by atoms with Gasteiger partial charge in [-0.1, -0.05) is 12.8 Å². The van der Waals surface area contributed by atoms with Crippen molar-refractivity contribution in [3.63, 3.8) is 0 Å². The molecule has 12 heavy (non-hydrogen) atoms. The summed E-state index contributed by atoms with van der Waals surface area (Å²) >= 11 is 2.23. The SMILES string of the molecule is C1CCC(SCCC2CNC2)C1. The van der Waals surface area contributed by atoms with Gasteiger partial charge in [0.05, 0.1) is 0 Å². The molecule has 0 atom stereocenters. The molecule has 0 bridgehead atoms. The number of hydrogen-bond acceptors (Lipinski definition) is 2. The Labute approximate surface area is 79.7 Å². The van der Waals surface area contributed by atoms with Crippen molar-refractivity contribution >= 4 is 11.8 Å². The molecular formula is C10H19NS. The van der Waals surface area contributed by atoms with E-state index in [9.17, 15) is 0 Å². The third kappa shape index (κ3) is 2.40. The maximum atomic E-state index is 3.33. The summed E-state index contributed by atoms with van der Waals surface area (Å²) in [6.45, 7) is 2.57. The second-order valence-corrected chi connectivity index (χ2v) is 5.50. The lowest BCUT2D eigenvalue weighted by atomic mass is 10.0. The third-order valence-corrected chi connectivity index (χ3v) is 4.46. The van der Waals surface area contributed by atoms with Crippen LogP contribution in [0.3, 0.4) is 0 Å². The monoisotopic (exact) mass is 185 g/mol. The molecule has 70 valence electrons. The van der Waals surface area contributed by atoms with Crippen LogP contribution in [-0.4, -0.2) is 24.1 Å². The normalized spacial score (nSPS) is 26.0. The molecule has 2 rings (SSSR count). The smallest absolute Gasteiger partial charge is 0.00470 e. The predicted octanol–water partition coefficient (Wildman–Crippen LogP) is 2.27. The summed E-state index contributed by atoms with van der Waals surface area (Å²) in [6.07, 6.45) is 7.42. The minimum absolute atomic E-state index is 1.01. The lowest BCUT2D eigenvalue weighted by molar-refractivity contribution is 0.341. The molecule has 2 heteroatoms. The van der Waals surface area contributed by atoms with Gasteiger partial charge in [0.2, 0.25) is 0 Å². The number of thioether (sulfide) groups is 1. The van der Waals surface area contributed by atoms with Crippen molar-refractivity contribution in [2.45, 2.75) is 37.4 Å². The van der Waals surface area contributed by atoms with E-state index in [1.807, 2.05) is 0 Å². The Bertz CT molecular complexity index is 128. The van der Waals surface area contributed by atoms with Crippen LogP contribution in [0.2, 0.25) is 0 Å². The summed E-state index contributed by atoms with van der Waals surface area (Å²) in [4.78, 5) is 0. The van der Waals surface area contributed by atoms with E-state index >= 15 is 0 Å². The van der Waals surface area contributed by atoms with E-state index in [-0.39, 0.29) is 0 Å². The molecule has 1 saturated carbocycles. The molecule has 1 aliphatic carbocycles. The van der Waals surface area contributed by atoms with Gasteiger partial charge in [0.1, 0.15) is 0 Å². The van der Waals surface area contributed by atoms with Crippen LogP contribution in [0.5, 0.6) is 0 Å². The van der Waals surface area contributed by atoms with Crippen LogP contribution in [0, 0.1) is 5.92 Å². The Morgan fingerprint density at radius 1 is 1.17 bits per heavy atom. The average molecular weight is 185 g/mol. The molecule has 0 amide bonds. The van der Waals surface area contributed by atoms with Gasteiger partial charge in [-0.05, 0) is 44.0 Å². The zero-order chi connectivity index (χ0) is 8.23. The second kappa shape index (κ2) is 4.52. The highest BCUT2D eigenvalue weighted by Crippen LogP contribution is 2.30. The van der Waals surface area contributed by atoms with E-state index in [4.69, 9.17) is 0 Å². The van der Waals surface area contributed by atoms with Gasteiger partial charge in [-0.25, -0.2) is 0 Å². The van der Waals surface area contributed by atoms with E-state index in [0.29, 0.717) is 0 Å². The van der Waals surface area contributed by atoms with Gasteiger partial charge < -0.3 is 5.32 Å². The Morgan fingerprint density at radius 3 is 2.50 bits per heavy atom.